The molecule has 0 aliphatic heterocycles. The van der Waals surface area contributed by atoms with Gasteiger partial charge in [-0.05, 0) is 19.8 Å². The highest BCUT2D eigenvalue weighted by molar-refractivity contribution is 5.75. The fourth-order valence-electron chi connectivity index (χ4n) is 0.768. The van der Waals surface area contributed by atoms with Crippen molar-refractivity contribution in [1.82, 2.24) is 0 Å². The van der Waals surface area contributed by atoms with Gasteiger partial charge in [-0.15, -0.1) is 0 Å². The minimum absolute atomic E-state index is 0.352. The quantitative estimate of drug-likeness (QED) is 0.483. The molecule has 0 radical (unpaired) electrons. The van der Waals surface area contributed by atoms with E-state index in [9.17, 15) is 4.79 Å². The van der Waals surface area contributed by atoms with Crippen molar-refractivity contribution in [3.05, 3.63) is 0 Å². The van der Waals surface area contributed by atoms with E-state index < -0.39 is 6.04 Å². The van der Waals surface area contributed by atoms with E-state index in [1.807, 2.05) is 6.07 Å². The first-order valence-electron chi connectivity index (χ1n) is 4.01. The highest BCUT2D eigenvalue weighted by Crippen LogP contribution is 1.99. The lowest BCUT2D eigenvalue weighted by molar-refractivity contribution is -0.144. The van der Waals surface area contributed by atoms with Crippen LogP contribution in [0.1, 0.15) is 26.2 Å². The Balaban J connectivity index is 3.51. The molecule has 0 amide bonds. The SMILES string of the molecule is CCOC(=O)[C@@H](N)CCCC#N. The zero-order valence-corrected chi connectivity index (χ0v) is 7.25. The summed E-state index contributed by atoms with van der Waals surface area (Å²) in [6, 6.07) is 1.42. The van der Waals surface area contributed by atoms with E-state index in [1.54, 1.807) is 6.92 Å². The van der Waals surface area contributed by atoms with E-state index in [4.69, 9.17) is 11.0 Å². The molecule has 68 valence electrons. The average molecular weight is 170 g/mol. The summed E-state index contributed by atoms with van der Waals surface area (Å²) < 4.78 is 4.69. The monoisotopic (exact) mass is 170 g/mol. The maximum atomic E-state index is 10.9. The van der Waals surface area contributed by atoms with Crippen LogP contribution in [-0.2, 0) is 9.53 Å². The lowest BCUT2D eigenvalue weighted by atomic mass is 10.1. The zero-order chi connectivity index (χ0) is 9.40. The Bertz CT molecular complexity index is 174. The minimum atomic E-state index is -0.571. The molecule has 0 aromatic heterocycles. The predicted octanol–water partition coefficient (Wildman–Crippen LogP) is 0.571. The Morgan fingerprint density at radius 3 is 2.92 bits per heavy atom. The van der Waals surface area contributed by atoms with Crippen LogP contribution in [0.5, 0.6) is 0 Å². The van der Waals surface area contributed by atoms with E-state index in [0.717, 1.165) is 0 Å². The van der Waals surface area contributed by atoms with Crippen molar-refractivity contribution in [2.24, 2.45) is 5.73 Å². The van der Waals surface area contributed by atoms with Crippen molar-refractivity contribution in [3.8, 4) is 6.07 Å². The van der Waals surface area contributed by atoms with Gasteiger partial charge in [0, 0.05) is 6.42 Å². The average Bonchev–Trinajstić information content (AvgIpc) is 2.05. The van der Waals surface area contributed by atoms with E-state index >= 15 is 0 Å². The first kappa shape index (κ1) is 10.9. The molecule has 0 saturated carbocycles. The van der Waals surface area contributed by atoms with Crippen LogP contribution in [0.4, 0.5) is 0 Å². The van der Waals surface area contributed by atoms with Gasteiger partial charge in [0.05, 0.1) is 12.7 Å². The molecule has 0 bridgehead atoms. The van der Waals surface area contributed by atoms with Gasteiger partial charge in [-0.2, -0.15) is 5.26 Å². The molecule has 0 saturated heterocycles. The highest BCUT2D eigenvalue weighted by atomic mass is 16.5. The number of ether oxygens (including phenoxy) is 1. The van der Waals surface area contributed by atoms with Gasteiger partial charge in [0.1, 0.15) is 6.04 Å². The number of unbranched alkanes of at least 4 members (excludes halogenated alkanes) is 1. The maximum Gasteiger partial charge on any atom is 0.322 e. The van der Waals surface area contributed by atoms with Gasteiger partial charge in [0.25, 0.3) is 0 Å². The Hall–Kier alpha value is -1.08. The van der Waals surface area contributed by atoms with Crippen molar-refractivity contribution in [2.75, 3.05) is 6.61 Å². The fraction of sp³-hybridized carbons (Fsp3) is 0.750. The molecule has 4 heteroatoms. The Kier molecular flexibility index (Phi) is 6.02. The number of carbonyl (C=O) groups is 1. The Labute approximate surface area is 72.3 Å². The summed E-state index contributed by atoms with van der Waals surface area (Å²) in [4.78, 5) is 10.9. The molecule has 0 unspecified atom stereocenters. The number of hydrogen-bond donors (Lipinski definition) is 1. The number of rotatable bonds is 5. The molecule has 0 aliphatic carbocycles. The maximum absolute atomic E-state index is 10.9. The van der Waals surface area contributed by atoms with Gasteiger partial charge in [0.15, 0.2) is 0 Å². The predicted molar refractivity (Wildman–Crippen MR) is 44.1 cm³/mol. The summed E-state index contributed by atoms with van der Waals surface area (Å²) in [5.41, 5.74) is 5.46. The molecule has 0 heterocycles. The highest BCUT2D eigenvalue weighted by Gasteiger charge is 2.12. The van der Waals surface area contributed by atoms with Crippen molar-refractivity contribution in [3.63, 3.8) is 0 Å². The van der Waals surface area contributed by atoms with Crippen molar-refractivity contribution in [1.29, 1.82) is 5.26 Å². The number of nitrogens with two attached hydrogens (primary N) is 1. The van der Waals surface area contributed by atoms with Crippen molar-refractivity contribution in [2.45, 2.75) is 32.2 Å². The summed E-state index contributed by atoms with van der Waals surface area (Å²) >= 11 is 0. The van der Waals surface area contributed by atoms with Crippen LogP contribution in [0.3, 0.4) is 0 Å². The van der Waals surface area contributed by atoms with Crippen LogP contribution in [0.25, 0.3) is 0 Å². The Morgan fingerprint density at radius 1 is 1.75 bits per heavy atom. The first-order valence-corrected chi connectivity index (χ1v) is 4.01. The largest absolute Gasteiger partial charge is 0.465 e. The molecule has 0 fully saturated rings. The van der Waals surface area contributed by atoms with Gasteiger partial charge >= 0.3 is 5.97 Å². The second kappa shape index (κ2) is 6.62. The van der Waals surface area contributed by atoms with Crippen LogP contribution in [0, 0.1) is 11.3 Å². The third-order valence-corrected chi connectivity index (χ3v) is 1.39. The molecule has 1 atom stereocenters. The molecule has 0 rings (SSSR count). The zero-order valence-electron chi connectivity index (χ0n) is 7.25. The number of esters is 1. The summed E-state index contributed by atoms with van der Waals surface area (Å²) in [5.74, 6) is -0.379. The van der Waals surface area contributed by atoms with Crippen LogP contribution in [-0.4, -0.2) is 18.6 Å². The second-order valence-corrected chi connectivity index (χ2v) is 2.41. The minimum Gasteiger partial charge on any atom is -0.465 e. The van der Waals surface area contributed by atoms with E-state index in [1.165, 1.54) is 0 Å². The third-order valence-electron chi connectivity index (χ3n) is 1.39. The van der Waals surface area contributed by atoms with Gasteiger partial charge < -0.3 is 10.5 Å². The van der Waals surface area contributed by atoms with E-state index in [-0.39, 0.29) is 5.97 Å². The van der Waals surface area contributed by atoms with Crippen molar-refractivity contribution >= 4 is 5.97 Å². The lowest BCUT2D eigenvalue weighted by Crippen LogP contribution is -2.32. The normalized spacial score (nSPS) is 11.8. The number of hydrogen-bond acceptors (Lipinski definition) is 4. The molecule has 4 nitrogen and oxygen atoms in total. The molecular weight excluding hydrogens is 156 g/mol. The van der Waals surface area contributed by atoms with Crippen molar-refractivity contribution < 1.29 is 9.53 Å². The van der Waals surface area contributed by atoms with Gasteiger partial charge in [0.2, 0.25) is 0 Å². The van der Waals surface area contributed by atoms with Crippen LogP contribution >= 0.6 is 0 Å². The number of nitriles is 1. The summed E-state index contributed by atoms with van der Waals surface area (Å²) in [5, 5.41) is 8.21. The lowest BCUT2D eigenvalue weighted by Gasteiger charge is -2.08. The molecule has 0 aromatic rings. The first-order chi connectivity index (χ1) is 5.72. The number of carbonyl (C=O) groups excluding carboxylic acids is 1. The molecule has 12 heavy (non-hydrogen) atoms. The van der Waals surface area contributed by atoms with E-state index in [2.05, 4.69) is 4.74 Å². The fourth-order valence-corrected chi connectivity index (χ4v) is 0.768. The molecular formula is C8H14N2O2. The topological polar surface area (TPSA) is 76.1 Å². The molecule has 0 aliphatic rings. The van der Waals surface area contributed by atoms with Crippen LogP contribution in [0.2, 0.25) is 0 Å². The summed E-state index contributed by atoms with van der Waals surface area (Å²) in [7, 11) is 0. The number of nitrogens with zero attached hydrogens (tertiary/aromatic N) is 1. The van der Waals surface area contributed by atoms with E-state index in [0.29, 0.717) is 25.9 Å². The van der Waals surface area contributed by atoms with Gasteiger partial charge in [-0.1, -0.05) is 0 Å². The molecule has 0 aromatic carbocycles. The Morgan fingerprint density at radius 2 is 2.42 bits per heavy atom. The van der Waals surface area contributed by atoms with Crippen LogP contribution in [0.15, 0.2) is 0 Å². The molecule has 2 N–H and O–H groups in total. The van der Waals surface area contributed by atoms with Crippen LogP contribution < -0.4 is 5.73 Å². The second-order valence-electron chi connectivity index (χ2n) is 2.41. The smallest absolute Gasteiger partial charge is 0.322 e. The van der Waals surface area contributed by atoms with Gasteiger partial charge in [-0.3, -0.25) is 4.79 Å². The summed E-state index contributed by atoms with van der Waals surface area (Å²) in [6.45, 7) is 2.09. The van der Waals surface area contributed by atoms with Gasteiger partial charge in [-0.25, -0.2) is 0 Å². The third kappa shape index (κ3) is 4.69. The molecule has 0 spiro atoms. The standard InChI is InChI=1S/C8H14N2O2/c1-2-12-8(11)7(10)5-3-4-6-9/h7H,2-5,10H2,1H3/t7-/m0/s1. The summed E-state index contributed by atoms with van der Waals surface area (Å²) in [6.07, 6.45) is 1.61.